The van der Waals surface area contributed by atoms with Gasteiger partial charge in [0.25, 0.3) is 5.91 Å². The van der Waals surface area contributed by atoms with Crippen molar-refractivity contribution in [2.75, 3.05) is 11.9 Å². The van der Waals surface area contributed by atoms with E-state index in [1.807, 2.05) is 61.6 Å². The Labute approximate surface area is 137 Å². The largest absolute Gasteiger partial charge is 0.311 e. The van der Waals surface area contributed by atoms with Crippen molar-refractivity contribution in [2.24, 2.45) is 0 Å². The van der Waals surface area contributed by atoms with E-state index < -0.39 is 0 Å². The molecule has 0 heterocycles. The molecule has 0 aliphatic carbocycles. The fourth-order valence-electron chi connectivity index (χ4n) is 2.43. The zero-order valence-electron chi connectivity index (χ0n) is 11.6. The van der Waals surface area contributed by atoms with Crippen LogP contribution < -0.4 is 4.90 Å². The molecule has 3 heteroatoms. The van der Waals surface area contributed by atoms with E-state index in [0.717, 1.165) is 20.0 Å². The Morgan fingerprint density at radius 1 is 0.952 bits per heavy atom. The molecule has 0 saturated heterocycles. The molecule has 0 aliphatic rings. The lowest BCUT2D eigenvalue weighted by atomic mass is 10.1. The van der Waals surface area contributed by atoms with E-state index >= 15 is 0 Å². The van der Waals surface area contributed by atoms with Crippen molar-refractivity contribution in [3.63, 3.8) is 0 Å². The zero-order chi connectivity index (χ0) is 14.8. The van der Waals surface area contributed by atoms with Gasteiger partial charge in [0.2, 0.25) is 0 Å². The van der Waals surface area contributed by atoms with Crippen LogP contribution in [0.2, 0.25) is 0 Å². The molecule has 1 amide bonds. The number of amides is 1. The Bertz CT molecular complexity index is 808. The molecule has 0 N–H and O–H groups in total. The van der Waals surface area contributed by atoms with E-state index in [1.54, 1.807) is 4.90 Å². The van der Waals surface area contributed by atoms with Crippen molar-refractivity contribution in [2.45, 2.75) is 0 Å². The number of carbonyl (C=O) groups is 1. The number of nitrogens with zero attached hydrogens (tertiary/aromatic N) is 1. The number of benzene rings is 3. The molecule has 3 aromatic carbocycles. The van der Waals surface area contributed by atoms with Crippen molar-refractivity contribution in [1.29, 1.82) is 0 Å². The van der Waals surface area contributed by atoms with E-state index in [-0.39, 0.29) is 5.91 Å². The molecule has 0 aliphatic heterocycles. The minimum absolute atomic E-state index is 0.00451. The van der Waals surface area contributed by atoms with Crippen LogP contribution in [0.1, 0.15) is 10.4 Å². The highest BCUT2D eigenvalue weighted by molar-refractivity contribution is 14.1. The summed E-state index contributed by atoms with van der Waals surface area (Å²) in [4.78, 5) is 14.4. The predicted molar refractivity (Wildman–Crippen MR) is 95.8 cm³/mol. The second kappa shape index (κ2) is 5.85. The molecular weight excluding hydrogens is 373 g/mol. The van der Waals surface area contributed by atoms with Crippen LogP contribution in [0.5, 0.6) is 0 Å². The minimum atomic E-state index is 0.00451. The standard InChI is InChI=1S/C18H14INO/c1-20(18(21)14-8-4-9-15(19)12-14)17-11-5-7-13-6-2-3-10-16(13)17/h2-12H,1H3. The summed E-state index contributed by atoms with van der Waals surface area (Å²) in [6.07, 6.45) is 0. The quantitative estimate of drug-likeness (QED) is 0.583. The van der Waals surface area contributed by atoms with Crippen molar-refractivity contribution >= 4 is 45.0 Å². The van der Waals surface area contributed by atoms with Crippen LogP contribution >= 0.6 is 22.6 Å². The lowest BCUT2D eigenvalue weighted by Crippen LogP contribution is -2.26. The molecule has 0 bridgehead atoms. The van der Waals surface area contributed by atoms with Gasteiger partial charge in [-0.1, -0.05) is 42.5 Å². The molecule has 0 fully saturated rings. The summed E-state index contributed by atoms with van der Waals surface area (Å²) in [6, 6.07) is 21.8. The van der Waals surface area contributed by atoms with Gasteiger partial charge in [0.05, 0.1) is 5.69 Å². The topological polar surface area (TPSA) is 20.3 Å². The number of hydrogen-bond donors (Lipinski definition) is 0. The predicted octanol–water partition coefficient (Wildman–Crippen LogP) is 4.72. The number of hydrogen-bond acceptors (Lipinski definition) is 1. The van der Waals surface area contributed by atoms with Gasteiger partial charge in [0, 0.05) is 21.6 Å². The first-order valence-electron chi connectivity index (χ1n) is 6.68. The summed E-state index contributed by atoms with van der Waals surface area (Å²) in [5.41, 5.74) is 1.63. The Kier molecular flexibility index (Phi) is 3.92. The van der Waals surface area contributed by atoms with Gasteiger partial charge in [-0.05, 0) is 52.2 Å². The average molecular weight is 387 g/mol. The van der Waals surface area contributed by atoms with Crippen molar-refractivity contribution in [3.8, 4) is 0 Å². The van der Waals surface area contributed by atoms with Crippen LogP contribution in [0.15, 0.2) is 66.7 Å². The highest BCUT2D eigenvalue weighted by atomic mass is 127. The Balaban J connectivity index is 2.04. The van der Waals surface area contributed by atoms with E-state index in [9.17, 15) is 4.79 Å². The normalized spacial score (nSPS) is 10.6. The number of carbonyl (C=O) groups excluding carboxylic acids is 1. The fourth-order valence-corrected chi connectivity index (χ4v) is 2.97. The van der Waals surface area contributed by atoms with Crippen LogP contribution in [0.25, 0.3) is 10.8 Å². The van der Waals surface area contributed by atoms with Crippen LogP contribution in [0.4, 0.5) is 5.69 Å². The number of fused-ring (bicyclic) bond motifs is 1. The van der Waals surface area contributed by atoms with Crippen molar-refractivity contribution < 1.29 is 4.79 Å². The summed E-state index contributed by atoms with van der Waals surface area (Å²) < 4.78 is 1.06. The number of anilines is 1. The van der Waals surface area contributed by atoms with Crippen molar-refractivity contribution in [3.05, 3.63) is 75.9 Å². The summed E-state index contributed by atoms with van der Waals surface area (Å²) in [7, 11) is 1.82. The van der Waals surface area contributed by atoms with Crippen LogP contribution in [0, 0.1) is 3.57 Å². The third-order valence-corrected chi connectivity index (χ3v) is 4.18. The summed E-state index contributed by atoms with van der Waals surface area (Å²) in [5.74, 6) is 0.00451. The zero-order valence-corrected chi connectivity index (χ0v) is 13.7. The SMILES string of the molecule is CN(C(=O)c1cccc(I)c1)c1cccc2ccccc12. The molecule has 3 aromatic rings. The first-order chi connectivity index (χ1) is 10.2. The summed E-state index contributed by atoms with van der Waals surface area (Å²) >= 11 is 2.22. The first kappa shape index (κ1) is 14.1. The summed E-state index contributed by atoms with van der Waals surface area (Å²) in [5, 5.41) is 2.22. The Morgan fingerprint density at radius 2 is 1.67 bits per heavy atom. The second-order valence-corrected chi connectivity index (χ2v) is 6.12. The fraction of sp³-hybridized carbons (Fsp3) is 0.0556. The first-order valence-corrected chi connectivity index (χ1v) is 7.76. The van der Waals surface area contributed by atoms with E-state index in [1.165, 1.54) is 0 Å². The lowest BCUT2D eigenvalue weighted by Gasteiger charge is -2.19. The molecule has 0 atom stereocenters. The molecule has 0 unspecified atom stereocenters. The monoisotopic (exact) mass is 387 g/mol. The molecule has 0 saturated carbocycles. The Hall–Kier alpha value is -1.88. The smallest absolute Gasteiger partial charge is 0.258 e. The molecule has 2 nitrogen and oxygen atoms in total. The van der Waals surface area contributed by atoms with Gasteiger partial charge in [0.15, 0.2) is 0 Å². The molecule has 21 heavy (non-hydrogen) atoms. The van der Waals surface area contributed by atoms with Crippen LogP contribution in [-0.4, -0.2) is 13.0 Å². The maximum atomic E-state index is 12.7. The van der Waals surface area contributed by atoms with Crippen molar-refractivity contribution in [1.82, 2.24) is 0 Å². The number of rotatable bonds is 2. The molecule has 0 spiro atoms. The highest BCUT2D eigenvalue weighted by Crippen LogP contribution is 2.27. The average Bonchev–Trinajstić information content (AvgIpc) is 2.53. The van der Waals surface area contributed by atoms with Gasteiger partial charge in [-0.25, -0.2) is 0 Å². The maximum Gasteiger partial charge on any atom is 0.258 e. The molecule has 104 valence electrons. The highest BCUT2D eigenvalue weighted by Gasteiger charge is 2.15. The van der Waals surface area contributed by atoms with E-state index in [0.29, 0.717) is 5.56 Å². The third kappa shape index (κ3) is 2.78. The number of halogens is 1. The van der Waals surface area contributed by atoms with Gasteiger partial charge in [-0.3, -0.25) is 4.79 Å². The molecule has 3 rings (SSSR count). The van der Waals surface area contributed by atoms with Gasteiger partial charge >= 0.3 is 0 Å². The van der Waals surface area contributed by atoms with Gasteiger partial charge < -0.3 is 4.90 Å². The molecule has 0 aromatic heterocycles. The van der Waals surface area contributed by atoms with E-state index in [4.69, 9.17) is 0 Å². The van der Waals surface area contributed by atoms with Crippen LogP contribution in [0.3, 0.4) is 0 Å². The summed E-state index contributed by atoms with van der Waals surface area (Å²) in [6.45, 7) is 0. The van der Waals surface area contributed by atoms with E-state index in [2.05, 4.69) is 34.7 Å². The third-order valence-electron chi connectivity index (χ3n) is 3.50. The maximum absolute atomic E-state index is 12.7. The molecule has 0 radical (unpaired) electrons. The van der Waals surface area contributed by atoms with Gasteiger partial charge in [-0.2, -0.15) is 0 Å². The minimum Gasteiger partial charge on any atom is -0.311 e. The lowest BCUT2D eigenvalue weighted by molar-refractivity contribution is 0.0993. The van der Waals surface area contributed by atoms with Gasteiger partial charge in [0.1, 0.15) is 0 Å². The molecular formula is C18H14INO. The van der Waals surface area contributed by atoms with Gasteiger partial charge in [-0.15, -0.1) is 0 Å². The van der Waals surface area contributed by atoms with Crippen LogP contribution in [-0.2, 0) is 0 Å². The Morgan fingerprint density at radius 3 is 2.48 bits per heavy atom. The second-order valence-electron chi connectivity index (χ2n) is 4.87.